The molecule has 37 heavy (non-hydrogen) atoms. The molecule has 0 fully saturated rings. The number of aromatic nitrogens is 1. The van der Waals surface area contributed by atoms with Crippen molar-refractivity contribution in [3.8, 4) is 11.5 Å². The summed E-state index contributed by atoms with van der Waals surface area (Å²) in [4.78, 5) is 27.7. The minimum atomic E-state index is -4.15. The zero-order chi connectivity index (χ0) is 26.2. The molecule has 0 saturated carbocycles. The second-order valence-corrected chi connectivity index (χ2v) is 10.6. The van der Waals surface area contributed by atoms with Crippen LogP contribution in [0.3, 0.4) is 0 Å². The molecule has 0 radical (unpaired) electrons. The molecule has 0 unspecified atom stereocenters. The van der Waals surface area contributed by atoms with Crippen molar-refractivity contribution < 1.29 is 27.4 Å². The maximum Gasteiger partial charge on any atom is 0.337 e. The van der Waals surface area contributed by atoms with E-state index in [4.69, 9.17) is 14.2 Å². The molecule has 0 aliphatic carbocycles. The molecule has 1 N–H and O–H groups in total. The summed E-state index contributed by atoms with van der Waals surface area (Å²) in [7, 11) is -2.93. The highest BCUT2D eigenvalue weighted by Crippen LogP contribution is 2.33. The molecule has 9 nitrogen and oxygen atoms in total. The average molecular weight is 521 g/mol. The van der Waals surface area contributed by atoms with E-state index in [0.717, 1.165) is 10.9 Å². The van der Waals surface area contributed by atoms with Gasteiger partial charge in [-0.05, 0) is 66.4 Å². The zero-order valence-corrected chi connectivity index (χ0v) is 21.0. The summed E-state index contributed by atoms with van der Waals surface area (Å²) in [6, 6.07) is 18.1. The molecule has 190 valence electrons. The van der Waals surface area contributed by atoms with Gasteiger partial charge in [-0.1, -0.05) is 23.8 Å². The molecule has 0 spiro atoms. The van der Waals surface area contributed by atoms with Gasteiger partial charge >= 0.3 is 5.97 Å². The van der Waals surface area contributed by atoms with E-state index >= 15 is 0 Å². The molecule has 4 aromatic rings. The number of ether oxygens (including phenoxy) is 3. The highest BCUT2D eigenvalue weighted by Gasteiger charge is 2.28. The summed E-state index contributed by atoms with van der Waals surface area (Å²) in [5.74, 6) is 0.438. The van der Waals surface area contributed by atoms with Gasteiger partial charge in [-0.3, -0.25) is 4.79 Å². The lowest BCUT2D eigenvalue weighted by Crippen LogP contribution is -2.32. The number of carbonyl (C=O) groups excluding carboxylic acids is 1. The Kier molecular flexibility index (Phi) is 6.45. The number of aromatic amines is 1. The number of nitrogens with zero attached hydrogens (tertiary/aromatic N) is 1. The fourth-order valence-corrected chi connectivity index (χ4v) is 5.65. The van der Waals surface area contributed by atoms with Crippen LogP contribution in [0.25, 0.3) is 10.9 Å². The van der Waals surface area contributed by atoms with Crippen molar-refractivity contribution in [2.24, 2.45) is 0 Å². The summed E-state index contributed by atoms with van der Waals surface area (Å²) in [5, 5.41) is 0.794. The number of aryl methyl sites for hydroxylation is 1. The zero-order valence-electron chi connectivity index (χ0n) is 20.2. The van der Waals surface area contributed by atoms with E-state index in [-0.39, 0.29) is 41.5 Å². The molecule has 0 saturated heterocycles. The van der Waals surface area contributed by atoms with Gasteiger partial charge in [0.15, 0.2) is 11.5 Å². The van der Waals surface area contributed by atoms with Crippen molar-refractivity contribution in [1.82, 2.24) is 9.29 Å². The van der Waals surface area contributed by atoms with Crippen LogP contribution in [0.2, 0.25) is 0 Å². The van der Waals surface area contributed by atoms with Crippen LogP contribution < -0.4 is 15.0 Å². The van der Waals surface area contributed by atoms with E-state index in [9.17, 15) is 18.0 Å². The summed E-state index contributed by atoms with van der Waals surface area (Å²) in [5.41, 5.74) is 2.32. The normalized spacial score (nSPS) is 12.7. The van der Waals surface area contributed by atoms with Gasteiger partial charge in [0.2, 0.25) is 16.8 Å². The molecule has 3 aromatic carbocycles. The number of hydrogen-bond acceptors (Lipinski definition) is 7. The van der Waals surface area contributed by atoms with Crippen LogP contribution >= 0.6 is 0 Å². The summed E-state index contributed by atoms with van der Waals surface area (Å²) in [6.45, 7) is 1.78. The van der Waals surface area contributed by atoms with Gasteiger partial charge in [0.1, 0.15) is 0 Å². The summed E-state index contributed by atoms with van der Waals surface area (Å²) in [6.07, 6.45) is 0. The third-order valence-corrected chi connectivity index (χ3v) is 7.90. The number of rotatable bonds is 7. The first kappa shape index (κ1) is 24.5. The average Bonchev–Trinajstić information content (AvgIpc) is 3.36. The Morgan fingerprint density at radius 2 is 1.81 bits per heavy atom. The number of H-pyrrole nitrogens is 1. The van der Waals surface area contributed by atoms with Crippen LogP contribution in [0, 0.1) is 6.92 Å². The smallest absolute Gasteiger partial charge is 0.337 e. The highest BCUT2D eigenvalue weighted by molar-refractivity contribution is 7.89. The number of nitrogens with one attached hydrogen (secondary N) is 1. The minimum Gasteiger partial charge on any atom is -0.465 e. The third kappa shape index (κ3) is 4.93. The van der Waals surface area contributed by atoms with Crippen molar-refractivity contribution in [2.75, 3.05) is 13.9 Å². The maximum absolute atomic E-state index is 13.9. The largest absolute Gasteiger partial charge is 0.465 e. The molecule has 1 aromatic heterocycles. The topological polar surface area (TPSA) is 115 Å². The van der Waals surface area contributed by atoms with Crippen molar-refractivity contribution in [1.29, 1.82) is 0 Å². The van der Waals surface area contributed by atoms with Crippen LogP contribution in [-0.2, 0) is 27.8 Å². The molecule has 1 aliphatic heterocycles. The summed E-state index contributed by atoms with van der Waals surface area (Å²) >= 11 is 0. The van der Waals surface area contributed by atoms with E-state index < -0.39 is 16.0 Å². The van der Waals surface area contributed by atoms with Crippen molar-refractivity contribution in [2.45, 2.75) is 24.9 Å². The lowest BCUT2D eigenvalue weighted by molar-refractivity contribution is 0.0600. The van der Waals surface area contributed by atoms with Gasteiger partial charge in [0, 0.05) is 24.2 Å². The van der Waals surface area contributed by atoms with Crippen LogP contribution in [0.5, 0.6) is 11.5 Å². The maximum atomic E-state index is 13.9. The Morgan fingerprint density at radius 1 is 1.00 bits per heavy atom. The van der Waals surface area contributed by atoms with E-state index in [0.29, 0.717) is 22.6 Å². The molecule has 0 bridgehead atoms. The van der Waals surface area contributed by atoms with Crippen molar-refractivity contribution in [3.05, 3.63) is 99.3 Å². The Balaban J connectivity index is 1.57. The number of benzene rings is 3. The van der Waals surface area contributed by atoms with Crippen molar-refractivity contribution in [3.63, 3.8) is 0 Å². The van der Waals surface area contributed by atoms with Crippen LogP contribution in [-0.4, -0.2) is 37.6 Å². The molecular weight excluding hydrogens is 496 g/mol. The number of pyridine rings is 1. The molecule has 10 heteroatoms. The summed E-state index contributed by atoms with van der Waals surface area (Å²) < 4.78 is 44.5. The Hall–Kier alpha value is -4.15. The van der Waals surface area contributed by atoms with Gasteiger partial charge in [0.25, 0.3) is 5.56 Å². The highest BCUT2D eigenvalue weighted by atomic mass is 32.2. The monoisotopic (exact) mass is 520 g/mol. The SMILES string of the molecule is COC(=O)c1cccc(S(=O)(=O)N(Cc2ccc3c(c2)OCO3)Cc2cc3cc(C)ccc3[nH]c2=O)c1. The number of carbonyl (C=O) groups is 1. The second kappa shape index (κ2) is 9.72. The lowest BCUT2D eigenvalue weighted by Gasteiger charge is -2.23. The third-order valence-electron chi connectivity index (χ3n) is 6.11. The van der Waals surface area contributed by atoms with Crippen LogP contribution in [0.1, 0.15) is 27.0 Å². The van der Waals surface area contributed by atoms with Crippen molar-refractivity contribution >= 4 is 26.9 Å². The quantitative estimate of drug-likeness (QED) is 0.369. The molecule has 1 aliphatic rings. The van der Waals surface area contributed by atoms with Gasteiger partial charge < -0.3 is 19.2 Å². The van der Waals surface area contributed by atoms with E-state index in [1.165, 1.54) is 35.7 Å². The van der Waals surface area contributed by atoms with Gasteiger partial charge in [-0.2, -0.15) is 4.31 Å². The standard InChI is InChI=1S/C27H24N2O7S/c1-17-6-8-23-20(10-17)12-21(26(30)28-23)15-29(14-18-7-9-24-25(11-18)36-16-35-24)37(32,33)22-5-3-4-19(13-22)27(31)34-2/h3-13H,14-16H2,1-2H3,(H,28,30). The predicted octanol–water partition coefficient (Wildman–Crippen LogP) is 3.74. The first-order chi connectivity index (χ1) is 17.7. The van der Waals surface area contributed by atoms with Gasteiger partial charge in [-0.15, -0.1) is 0 Å². The minimum absolute atomic E-state index is 0.0489. The van der Waals surface area contributed by atoms with E-state index in [2.05, 4.69) is 4.98 Å². The lowest BCUT2D eigenvalue weighted by atomic mass is 10.1. The first-order valence-corrected chi connectivity index (χ1v) is 12.9. The molecule has 0 amide bonds. The number of methoxy groups -OCH3 is 1. The number of sulfonamides is 1. The van der Waals surface area contributed by atoms with Gasteiger partial charge in [-0.25, -0.2) is 13.2 Å². The predicted molar refractivity (Wildman–Crippen MR) is 136 cm³/mol. The fraction of sp³-hybridized carbons (Fsp3) is 0.185. The molecule has 0 atom stereocenters. The molecule has 2 heterocycles. The van der Waals surface area contributed by atoms with Gasteiger partial charge in [0.05, 0.1) is 17.6 Å². The Bertz CT molecular complexity index is 1680. The number of hydrogen-bond donors (Lipinski definition) is 1. The number of esters is 1. The van der Waals surface area contributed by atoms with E-state index in [1.54, 1.807) is 24.3 Å². The Morgan fingerprint density at radius 3 is 2.62 bits per heavy atom. The second-order valence-electron chi connectivity index (χ2n) is 8.69. The number of fused-ring (bicyclic) bond motifs is 2. The Labute approximate surface area is 213 Å². The van der Waals surface area contributed by atoms with Crippen LogP contribution in [0.15, 0.2) is 76.4 Å². The van der Waals surface area contributed by atoms with Crippen LogP contribution in [0.4, 0.5) is 0 Å². The fourth-order valence-electron chi connectivity index (χ4n) is 4.20. The molecule has 5 rings (SSSR count). The first-order valence-electron chi connectivity index (χ1n) is 11.4. The molecular formula is C27H24N2O7S. The van der Waals surface area contributed by atoms with E-state index in [1.807, 2.05) is 25.1 Å².